The zero-order valence-corrected chi connectivity index (χ0v) is 71.2. The van der Waals surface area contributed by atoms with Crippen LogP contribution >= 0.6 is 68.8 Å². The molecule has 0 radical (unpaired) electrons. The minimum atomic E-state index is -1.22. The maximum atomic E-state index is 14.6. The van der Waals surface area contributed by atoms with Crippen molar-refractivity contribution in [3.05, 3.63) is 240 Å². The van der Waals surface area contributed by atoms with Gasteiger partial charge in [-0.05, 0) is 141 Å². The van der Waals surface area contributed by atoms with Crippen molar-refractivity contribution in [3.63, 3.8) is 0 Å². The summed E-state index contributed by atoms with van der Waals surface area (Å²) in [5.41, 5.74) is 3.25. The molecule has 15 rings (SSSR count). The number of aliphatic imine (C=N–C) groups is 3. The third-order valence-corrected chi connectivity index (χ3v) is 25.4. The summed E-state index contributed by atoms with van der Waals surface area (Å²) >= 11 is 22.8. The Morgan fingerprint density at radius 2 is 0.797 bits per heavy atom. The number of halogens is 9. The highest BCUT2D eigenvalue weighted by molar-refractivity contribution is 7.12. The lowest BCUT2D eigenvalue weighted by Gasteiger charge is -2.34. The maximum absolute atomic E-state index is 14.6. The molecule has 0 saturated heterocycles. The van der Waals surface area contributed by atoms with Crippen LogP contribution in [0.15, 0.2) is 152 Å². The van der Waals surface area contributed by atoms with Crippen LogP contribution in [-0.2, 0) is 62.2 Å². The Balaban J connectivity index is 0.000000159. The van der Waals surface area contributed by atoms with Gasteiger partial charge in [0.25, 0.3) is 0 Å². The molecule has 0 spiro atoms. The Morgan fingerprint density at radius 1 is 0.472 bits per heavy atom. The van der Waals surface area contributed by atoms with E-state index in [0.717, 1.165) is 18.2 Å². The lowest BCUT2D eigenvalue weighted by Crippen LogP contribution is -2.38. The second kappa shape index (κ2) is 39.7. The van der Waals surface area contributed by atoms with Gasteiger partial charge in [0.1, 0.15) is 36.9 Å². The van der Waals surface area contributed by atoms with Crippen molar-refractivity contribution in [1.82, 2.24) is 45.9 Å². The topological polar surface area (TPSA) is 381 Å². The molecule has 39 heteroatoms. The summed E-state index contributed by atoms with van der Waals surface area (Å²) in [6.07, 6.45) is 17.5. The first-order valence-corrected chi connectivity index (χ1v) is 43.1. The van der Waals surface area contributed by atoms with Crippen molar-refractivity contribution in [3.8, 4) is 0 Å². The number of carbonyl (C=O) groups excluding carboxylic acids is 3. The number of hydrogen-bond acceptors (Lipinski definition) is 27. The SMILES string of the molecule is CCOC(=O)C1=C(C2CCC(c3nc(CC(=O)O)co3)CC2)NC(c2nccs2)=NC1c1ccc(F)c(F)c1Cl.CCOC(=O)C1=C(C2CCC(c3nc(CCC(=O)O)co3)CC2)NC(c2nccs2)=NC1c1ccc(F)c(F)c1Cl.COC(=O)C1=C(C2CCC(c3nc(CC(C)(C)C(=O)O)co3)CC2)NC(c2nccs2)=NC1c1ccc(F)c(F)c1Cl. The predicted molar refractivity (Wildman–Crippen MR) is 440 cm³/mol. The van der Waals surface area contributed by atoms with Gasteiger partial charge in [-0.2, -0.15) is 0 Å². The van der Waals surface area contributed by atoms with Crippen molar-refractivity contribution >= 4 is 122 Å². The average molecular weight is 1820 g/mol. The number of thiazole rings is 3. The fourth-order valence-corrected chi connectivity index (χ4v) is 18.3. The summed E-state index contributed by atoms with van der Waals surface area (Å²) in [6.45, 7) is 6.86. The monoisotopic (exact) mass is 1810 g/mol. The summed E-state index contributed by atoms with van der Waals surface area (Å²) in [4.78, 5) is 114. The molecule has 9 aromatic rings. The minimum Gasteiger partial charge on any atom is -0.481 e. The second-order valence-electron chi connectivity index (χ2n) is 30.2. The number of carbonyl (C=O) groups is 6. The molecule has 3 aliphatic carbocycles. The summed E-state index contributed by atoms with van der Waals surface area (Å²) in [5, 5.41) is 43.0. The van der Waals surface area contributed by atoms with Gasteiger partial charge in [-0.1, -0.05) is 53.0 Å². The fraction of sp³-hybridized carbons (Fsp3) is 0.393. The highest BCUT2D eigenvalue weighted by Crippen LogP contribution is 2.49. The van der Waals surface area contributed by atoms with Crippen LogP contribution in [0.1, 0.15) is 214 Å². The van der Waals surface area contributed by atoms with Crippen LogP contribution < -0.4 is 16.0 Å². The normalized spacial score (nSPS) is 21.0. The van der Waals surface area contributed by atoms with E-state index in [9.17, 15) is 60.2 Å². The third kappa shape index (κ3) is 20.5. The smallest absolute Gasteiger partial charge is 0.338 e. The maximum Gasteiger partial charge on any atom is 0.338 e. The second-order valence-corrected chi connectivity index (χ2v) is 34.1. The van der Waals surface area contributed by atoms with E-state index in [2.05, 4.69) is 50.8 Å². The van der Waals surface area contributed by atoms with Crippen LogP contribution in [0.5, 0.6) is 0 Å². The molecule has 0 bridgehead atoms. The molecule has 6 aromatic heterocycles. The summed E-state index contributed by atoms with van der Waals surface area (Å²) in [6, 6.07) is 3.70. The van der Waals surface area contributed by atoms with E-state index in [4.69, 9.17) is 82.5 Å². The van der Waals surface area contributed by atoms with Crippen LogP contribution in [-0.4, -0.2) is 119 Å². The molecular formula is C84H81Cl3F6N12O15S3. The van der Waals surface area contributed by atoms with Gasteiger partial charge >= 0.3 is 35.8 Å². The van der Waals surface area contributed by atoms with E-state index in [0.29, 0.717) is 168 Å². The van der Waals surface area contributed by atoms with Gasteiger partial charge in [0.05, 0.1) is 87.4 Å². The number of nitrogens with one attached hydrogen (secondary N) is 3. The van der Waals surface area contributed by atoms with Crippen molar-refractivity contribution < 1.29 is 97.9 Å². The Labute approximate surface area is 726 Å². The van der Waals surface area contributed by atoms with Gasteiger partial charge in [-0.3, -0.25) is 29.4 Å². The largest absolute Gasteiger partial charge is 0.481 e. The number of aromatic nitrogens is 6. The number of aliphatic carboxylic acids is 3. The number of ether oxygens (including phenoxy) is 3. The molecule has 3 fully saturated rings. The van der Waals surface area contributed by atoms with Crippen LogP contribution in [0.25, 0.3) is 0 Å². The quantitative estimate of drug-likeness (QED) is 0.0134. The molecule has 0 amide bonds. The Kier molecular flexibility index (Phi) is 29.0. The van der Waals surface area contributed by atoms with Gasteiger partial charge < -0.3 is 58.7 Å². The molecule has 3 unspecified atom stereocenters. The van der Waals surface area contributed by atoms with Gasteiger partial charge in [0.15, 0.2) is 85.1 Å². The van der Waals surface area contributed by atoms with E-state index in [1.54, 1.807) is 62.4 Å². The molecule has 3 saturated carbocycles. The molecule has 3 aromatic carbocycles. The van der Waals surface area contributed by atoms with Gasteiger partial charge in [-0.25, -0.2) is 70.6 Å². The molecule has 9 heterocycles. The van der Waals surface area contributed by atoms with Crippen LogP contribution in [0.4, 0.5) is 26.3 Å². The van der Waals surface area contributed by atoms with Gasteiger partial charge in [0.2, 0.25) is 0 Å². The number of carboxylic acids is 3. The van der Waals surface area contributed by atoms with Crippen molar-refractivity contribution in [2.24, 2.45) is 38.1 Å². The first kappa shape index (κ1) is 89.8. The van der Waals surface area contributed by atoms with E-state index in [1.807, 2.05) is 0 Å². The number of methoxy groups -OCH3 is 1. The number of rotatable bonds is 25. The minimum absolute atomic E-state index is 0.0113. The molecular weight excluding hydrogens is 1730 g/mol. The molecule has 3 aliphatic heterocycles. The lowest BCUT2D eigenvalue weighted by atomic mass is 9.78. The van der Waals surface area contributed by atoms with E-state index >= 15 is 0 Å². The summed E-state index contributed by atoms with van der Waals surface area (Å²) in [5.74, 6) is -9.27. The average Bonchev–Trinajstić information content (AvgIpc) is 1.62. The number of carboxylic acid groups (broad SMARTS) is 3. The summed E-state index contributed by atoms with van der Waals surface area (Å²) in [7, 11) is 1.25. The van der Waals surface area contributed by atoms with Gasteiger partial charge in [-0.15, -0.1) is 34.0 Å². The number of amidine groups is 3. The first-order valence-electron chi connectivity index (χ1n) is 39.3. The summed E-state index contributed by atoms with van der Waals surface area (Å²) < 4.78 is 118. The molecule has 648 valence electrons. The molecule has 27 nitrogen and oxygen atoms in total. The number of nitrogens with zero attached hydrogens (tertiary/aromatic N) is 9. The third-order valence-electron chi connectivity index (χ3n) is 21.9. The van der Waals surface area contributed by atoms with Crippen molar-refractivity contribution in [1.29, 1.82) is 0 Å². The highest BCUT2D eigenvalue weighted by Gasteiger charge is 2.44. The van der Waals surface area contributed by atoms with Crippen LogP contribution in [0, 0.1) is 58.1 Å². The van der Waals surface area contributed by atoms with Crippen LogP contribution in [0.2, 0.25) is 15.1 Å². The number of esters is 3. The van der Waals surface area contributed by atoms with Crippen molar-refractivity contribution in [2.75, 3.05) is 20.3 Å². The zero-order chi connectivity index (χ0) is 87.7. The fourth-order valence-electron chi connectivity index (χ4n) is 15.8. The Morgan fingerprint density at radius 3 is 1.11 bits per heavy atom. The predicted octanol–water partition coefficient (Wildman–Crippen LogP) is 17.7. The number of oxazole rings is 3. The van der Waals surface area contributed by atoms with Crippen molar-refractivity contribution in [2.45, 2.75) is 166 Å². The number of hydrogen-bond donors (Lipinski definition) is 6. The Hall–Kier alpha value is -10.9. The first-order chi connectivity index (χ1) is 59.0. The van der Waals surface area contributed by atoms with E-state index < -0.39 is 109 Å². The zero-order valence-electron chi connectivity index (χ0n) is 66.5. The molecule has 6 N–H and O–H groups in total. The number of aryl methyl sites for hydroxylation is 1. The van der Waals surface area contributed by atoms with Crippen LogP contribution in [0.3, 0.4) is 0 Å². The molecule has 123 heavy (non-hydrogen) atoms. The lowest BCUT2D eigenvalue weighted by molar-refractivity contribution is -0.147. The number of allylic oxidation sites excluding steroid dienone is 3. The Bertz CT molecular complexity index is 5620. The van der Waals surface area contributed by atoms with Gasteiger partial charge in [0, 0.05) is 99.1 Å². The van der Waals surface area contributed by atoms with E-state index in [1.165, 1.54) is 78.1 Å². The van der Waals surface area contributed by atoms with E-state index in [-0.39, 0.29) is 101 Å². The highest BCUT2D eigenvalue weighted by atomic mass is 35.5. The molecule has 3 atom stereocenters. The molecule has 6 aliphatic rings. The standard InChI is InChI=1S/C29H29ClF2N4O5S.C28H27ClF2N4O5S.C27H25ClF2N4O5S/c1-29(2,28(38)39)12-16-13-41-25(34-16)15-6-4-14(5-7-15)22-19(27(37)40-3)23(17-8-9-18(31)21(32)20(17)30)36-24(35-22)26-33-10-11-42-26;1-2-39-28(38)20-23(14-3-5-15(6-4-14)26-33-16(13-40-26)7-10-19(36)37)34-25(27-32-11-12-41-27)35-24(20)17-8-9-18(30)22(31)21(17)29;1-2-38-27(37)19-22(13-3-5-14(6-4-13)25-32-15(12-39-25)11-18(35)36)33-24(26-31-9-10-40-26)34-23(19)16-7-8-17(29)21(30)20(16)28/h8-11,13-15,23H,4-7,12H2,1-3H3,(H,35,36)(H,38,39);8-9,11-15,24H,2-7,10H2,1H3,(H,34,35)(H,36,37);7-10,12-14,23H,2-6,11H2,1H3,(H,33,34)(H,35,36). The number of benzene rings is 3.